The molecule has 1 aliphatic rings. The van der Waals surface area contributed by atoms with Crippen molar-refractivity contribution >= 4 is 42.8 Å². The number of hydrogen-bond donors (Lipinski definition) is 4. The predicted molar refractivity (Wildman–Crippen MR) is 92.8 cm³/mol. The van der Waals surface area contributed by atoms with E-state index in [2.05, 4.69) is 22.3 Å². The monoisotopic (exact) mass is 336 g/mol. The summed E-state index contributed by atoms with van der Waals surface area (Å²) >= 11 is 5.58. The van der Waals surface area contributed by atoms with Crippen LogP contribution in [0.15, 0.2) is 40.4 Å². The first-order valence-electron chi connectivity index (χ1n) is 6.87. The van der Waals surface area contributed by atoms with Crippen molar-refractivity contribution in [2.45, 2.75) is 30.4 Å². The molecular weight excluding hydrogens is 319 g/mol. The summed E-state index contributed by atoms with van der Waals surface area (Å²) in [6.45, 7) is 4.39. The van der Waals surface area contributed by atoms with Crippen LogP contribution in [0.4, 0.5) is 5.69 Å². The molecule has 2 heterocycles. The third kappa shape index (κ3) is 3.70. The van der Waals surface area contributed by atoms with Crippen LogP contribution in [0.5, 0.6) is 5.75 Å². The first kappa shape index (κ1) is 17.0. The van der Waals surface area contributed by atoms with E-state index in [1.54, 1.807) is 24.4 Å². The smallest absolute Gasteiger partial charge is 0.491 e. The normalized spacial score (nSPS) is 12.5. The molecule has 3 N–H and O–H groups in total. The molecule has 0 amide bonds. The molecule has 1 aliphatic heterocycles. The minimum atomic E-state index is -0.896. The second-order valence-electron chi connectivity index (χ2n) is 4.26. The number of hydrogen-bond acceptors (Lipinski definition) is 7. The lowest BCUT2D eigenvalue weighted by molar-refractivity contribution is 0.275. The van der Waals surface area contributed by atoms with Gasteiger partial charge >= 0.3 is 7.12 Å². The van der Waals surface area contributed by atoms with Gasteiger partial charge in [-0.1, -0.05) is 13.8 Å². The van der Waals surface area contributed by atoms with E-state index in [0.717, 1.165) is 21.6 Å². The summed E-state index contributed by atoms with van der Waals surface area (Å²) in [5.41, 5.74) is 2.39. The highest BCUT2D eigenvalue weighted by atomic mass is 32.2. The van der Waals surface area contributed by atoms with Crippen LogP contribution >= 0.6 is 24.6 Å². The Hall–Kier alpha value is -1.35. The molecule has 3 rings (SSSR count). The molecule has 0 spiro atoms. The molecule has 0 fully saturated rings. The fourth-order valence-corrected chi connectivity index (χ4v) is 2.92. The minimum Gasteiger partial charge on any atom is -0.505 e. The van der Waals surface area contributed by atoms with Crippen molar-refractivity contribution in [3.05, 3.63) is 36.0 Å². The third-order valence-electron chi connectivity index (χ3n) is 2.93. The molecule has 0 aliphatic carbocycles. The SMILES string of the molecule is CC.OB1OCc2cc(S)c(NSc3ncccc3O)cc21. The van der Waals surface area contributed by atoms with E-state index in [-0.39, 0.29) is 5.75 Å². The summed E-state index contributed by atoms with van der Waals surface area (Å²) < 4.78 is 8.22. The lowest BCUT2D eigenvalue weighted by atomic mass is 9.79. The maximum Gasteiger partial charge on any atom is 0.491 e. The average Bonchev–Trinajstić information content (AvgIpc) is 2.89. The van der Waals surface area contributed by atoms with Gasteiger partial charge in [-0.25, -0.2) is 4.98 Å². The van der Waals surface area contributed by atoms with Crippen LogP contribution in [0.2, 0.25) is 0 Å². The molecule has 0 atom stereocenters. The van der Waals surface area contributed by atoms with Crippen molar-refractivity contribution in [1.82, 2.24) is 4.98 Å². The number of benzene rings is 1. The number of nitrogens with one attached hydrogen (secondary N) is 1. The quantitative estimate of drug-likeness (QED) is 0.392. The van der Waals surface area contributed by atoms with Gasteiger partial charge in [0.15, 0.2) is 5.03 Å². The molecule has 1 aromatic carbocycles. The van der Waals surface area contributed by atoms with Gasteiger partial charge in [-0.2, -0.15) is 0 Å². The van der Waals surface area contributed by atoms with Crippen molar-refractivity contribution in [2.24, 2.45) is 0 Å². The zero-order valence-electron chi connectivity index (χ0n) is 12.3. The Morgan fingerprint density at radius 1 is 1.41 bits per heavy atom. The fraction of sp³-hybridized carbons (Fsp3) is 0.214. The summed E-state index contributed by atoms with van der Waals surface area (Å²) in [6, 6.07) is 6.88. The number of nitrogens with zero attached hydrogens (tertiary/aromatic N) is 1. The van der Waals surface area contributed by atoms with Gasteiger partial charge < -0.3 is 19.5 Å². The Balaban J connectivity index is 0.000000847. The predicted octanol–water partition coefficient (Wildman–Crippen LogP) is 2.44. The summed E-state index contributed by atoms with van der Waals surface area (Å²) in [4.78, 5) is 4.80. The molecule has 8 heteroatoms. The highest BCUT2D eigenvalue weighted by molar-refractivity contribution is 8.00. The number of pyridine rings is 1. The van der Waals surface area contributed by atoms with E-state index >= 15 is 0 Å². The zero-order chi connectivity index (χ0) is 16.1. The molecule has 0 radical (unpaired) electrons. The van der Waals surface area contributed by atoms with Gasteiger partial charge in [0, 0.05) is 23.0 Å². The van der Waals surface area contributed by atoms with E-state index in [4.69, 9.17) is 4.65 Å². The molecule has 2 aromatic rings. The first-order valence-corrected chi connectivity index (χ1v) is 8.14. The van der Waals surface area contributed by atoms with E-state index < -0.39 is 7.12 Å². The third-order valence-corrected chi connectivity index (χ3v) is 4.13. The van der Waals surface area contributed by atoms with Crippen molar-refractivity contribution in [1.29, 1.82) is 0 Å². The number of anilines is 1. The van der Waals surface area contributed by atoms with Crippen molar-refractivity contribution < 1.29 is 14.8 Å². The van der Waals surface area contributed by atoms with Gasteiger partial charge in [-0.15, -0.1) is 12.6 Å². The summed E-state index contributed by atoms with van der Waals surface area (Å²) in [5.74, 6) is 0.107. The van der Waals surface area contributed by atoms with Crippen LogP contribution in [-0.2, 0) is 11.3 Å². The Morgan fingerprint density at radius 2 is 2.18 bits per heavy atom. The van der Waals surface area contributed by atoms with Gasteiger partial charge in [-0.05, 0) is 35.3 Å². The number of thiol groups is 1. The number of fused-ring (bicyclic) bond motifs is 1. The fourth-order valence-electron chi connectivity index (χ4n) is 1.91. The number of aromatic nitrogens is 1. The zero-order valence-corrected chi connectivity index (χ0v) is 14.0. The molecular formula is C14H17BN2O3S2. The second-order valence-corrected chi connectivity index (χ2v) is 5.54. The van der Waals surface area contributed by atoms with E-state index in [0.29, 0.717) is 11.6 Å². The summed E-state index contributed by atoms with van der Waals surface area (Å²) in [7, 11) is -0.896. The Labute approximate surface area is 139 Å². The van der Waals surface area contributed by atoms with Crippen molar-refractivity contribution in [2.75, 3.05) is 4.72 Å². The average molecular weight is 336 g/mol. The standard InChI is InChI=1S/C12H11BN2O3S2.C2H6/c16-10-2-1-3-14-12(10)20-15-9-5-8-7(4-11(9)19)6-18-13(8)17;1-2/h1-5,15-17,19H,6H2;1-2H3. The number of rotatable bonds is 3. The van der Waals surface area contributed by atoms with Gasteiger partial charge in [0.25, 0.3) is 0 Å². The minimum absolute atomic E-state index is 0.107. The van der Waals surface area contributed by atoms with E-state index in [1.807, 2.05) is 19.9 Å². The Bertz CT molecular complexity index is 658. The molecule has 0 saturated carbocycles. The summed E-state index contributed by atoms with van der Waals surface area (Å²) in [6.07, 6.45) is 1.60. The molecule has 1 aromatic heterocycles. The molecule has 5 nitrogen and oxygen atoms in total. The van der Waals surface area contributed by atoms with Crippen molar-refractivity contribution in [3.8, 4) is 5.75 Å². The first-order chi connectivity index (χ1) is 10.6. The van der Waals surface area contributed by atoms with Crippen LogP contribution in [0.25, 0.3) is 0 Å². The lowest BCUT2D eigenvalue weighted by Crippen LogP contribution is -2.28. The van der Waals surface area contributed by atoms with E-state index in [9.17, 15) is 10.1 Å². The maximum absolute atomic E-state index is 9.69. The van der Waals surface area contributed by atoms with Gasteiger partial charge in [-0.3, -0.25) is 0 Å². The van der Waals surface area contributed by atoms with Gasteiger partial charge in [0.05, 0.1) is 12.3 Å². The highest BCUT2D eigenvalue weighted by Crippen LogP contribution is 2.30. The largest absolute Gasteiger partial charge is 0.505 e. The van der Waals surface area contributed by atoms with Crippen LogP contribution in [-0.4, -0.2) is 22.2 Å². The van der Waals surface area contributed by atoms with Gasteiger partial charge in [0.2, 0.25) is 0 Å². The highest BCUT2D eigenvalue weighted by Gasteiger charge is 2.28. The van der Waals surface area contributed by atoms with Crippen LogP contribution in [0, 0.1) is 0 Å². The molecule has 0 saturated heterocycles. The Morgan fingerprint density at radius 3 is 2.91 bits per heavy atom. The number of aromatic hydroxyl groups is 1. The van der Waals surface area contributed by atoms with Crippen LogP contribution < -0.4 is 10.2 Å². The molecule has 116 valence electrons. The molecule has 22 heavy (non-hydrogen) atoms. The van der Waals surface area contributed by atoms with Crippen LogP contribution in [0.1, 0.15) is 19.4 Å². The summed E-state index contributed by atoms with van der Waals surface area (Å²) in [5, 5.41) is 19.8. The topological polar surface area (TPSA) is 74.6 Å². The molecule has 0 unspecified atom stereocenters. The molecule has 0 bridgehead atoms. The second kappa shape index (κ2) is 7.78. The Kier molecular flexibility index (Phi) is 6.02. The van der Waals surface area contributed by atoms with Crippen LogP contribution in [0.3, 0.4) is 0 Å². The lowest BCUT2D eigenvalue weighted by Gasteiger charge is -2.10. The van der Waals surface area contributed by atoms with Crippen molar-refractivity contribution in [3.63, 3.8) is 0 Å². The van der Waals surface area contributed by atoms with E-state index in [1.165, 1.54) is 11.9 Å². The van der Waals surface area contributed by atoms with Gasteiger partial charge in [0.1, 0.15) is 5.75 Å². The maximum atomic E-state index is 9.69.